The second-order valence-corrected chi connectivity index (χ2v) is 7.56. The predicted molar refractivity (Wildman–Crippen MR) is 79.7 cm³/mol. The van der Waals surface area contributed by atoms with Gasteiger partial charge in [0.15, 0.2) is 0 Å². The van der Waals surface area contributed by atoms with Crippen molar-refractivity contribution < 1.29 is 4.74 Å². The molecule has 0 aliphatic heterocycles. The van der Waals surface area contributed by atoms with Crippen molar-refractivity contribution in [3.63, 3.8) is 0 Å². The van der Waals surface area contributed by atoms with Crippen molar-refractivity contribution in [1.82, 2.24) is 0 Å². The van der Waals surface area contributed by atoms with Crippen LogP contribution in [-0.4, -0.2) is 12.7 Å². The summed E-state index contributed by atoms with van der Waals surface area (Å²) in [5, 5.41) is 9.27. The minimum Gasteiger partial charge on any atom is -0.377 e. The van der Waals surface area contributed by atoms with Gasteiger partial charge < -0.3 is 4.74 Å². The summed E-state index contributed by atoms with van der Waals surface area (Å²) in [6.45, 7) is 12.2. The van der Waals surface area contributed by atoms with Crippen molar-refractivity contribution in [2.75, 3.05) is 6.61 Å². The molecule has 3 unspecified atom stereocenters. The Morgan fingerprint density at radius 3 is 2.47 bits per heavy atom. The lowest BCUT2D eigenvalue weighted by atomic mass is 9.69. The molecule has 110 valence electrons. The molecule has 0 aromatic rings. The summed E-state index contributed by atoms with van der Waals surface area (Å²) in [7, 11) is 0. The van der Waals surface area contributed by atoms with Crippen molar-refractivity contribution >= 4 is 0 Å². The van der Waals surface area contributed by atoms with Gasteiger partial charge in [0, 0.05) is 6.61 Å². The Hall–Kier alpha value is -0.550. The molecule has 0 amide bonds. The molecule has 19 heavy (non-hydrogen) atoms. The molecule has 1 fully saturated rings. The summed E-state index contributed by atoms with van der Waals surface area (Å²) in [5.74, 6) is 1.54. The van der Waals surface area contributed by atoms with E-state index < -0.39 is 0 Å². The molecule has 3 atom stereocenters. The van der Waals surface area contributed by atoms with E-state index in [1.807, 2.05) is 0 Å². The lowest BCUT2D eigenvalue weighted by molar-refractivity contribution is -0.0295. The summed E-state index contributed by atoms with van der Waals surface area (Å²) in [5.41, 5.74) is 0.333. The summed E-state index contributed by atoms with van der Waals surface area (Å²) in [6, 6.07) is 2.45. The van der Waals surface area contributed by atoms with Crippen LogP contribution in [0.15, 0.2) is 0 Å². The van der Waals surface area contributed by atoms with E-state index in [1.165, 1.54) is 12.8 Å². The number of hydrogen-bond acceptors (Lipinski definition) is 2. The molecular weight excluding hydrogens is 234 g/mol. The van der Waals surface area contributed by atoms with Crippen LogP contribution in [0.25, 0.3) is 0 Å². The summed E-state index contributed by atoms with van der Waals surface area (Å²) in [4.78, 5) is 0. The molecule has 0 bridgehead atoms. The van der Waals surface area contributed by atoms with Crippen molar-refractivity contribution in [3.8, 4) is 6.07 Å². The second-order valence-electron chi connectivity index (χ2n) is 7.56. The van der Waals surface area contributed by atoms with Crippen LogP contribution in [-0.2, 0) is 4.74 Å². The lowest BCUT2D eigenvalue weighted by Gasteiger charge is -2.39. The molecule has 1 aliphatic carbocycles. The highest BCUT2D eigenvalue weighted by atomic mass is 16.5. The summed E-state index contributed by atoms with van der Waals surface area (Å²) >= 11 is 0. The quantitative estimate of drug-likeness (QED) is 0.669. The van der Waals surface area contributed by atoms with E-state index in [9.17, 15) is 5.26 Å². The first-order chi connectivity index (χ1) is 8.84. The van der Waals surface area contributed by atoms with Crippen LogP contribution in [0.2, 0.25) is 0 Å². The number of nitriles is 1. The Balaban J connectivity index is 2.45. The van der Waals surface area contributed by atoms with Crippen LogP contribution in [0, 0.1) is 34.5 Å². The molecule has 0 saturated heterocycles. The smallest absolute Gasteiger partial charge is 0.0736 e. The Morgan fingerprint density at radius 2 is 1.95 bits per heavy atom. The largest absolute Gasteiger partial charge is 0.377 e. The van der Waals surface area contributed by atoms with Crippen molar-refractivity contribution in [3.05, 3.63) is 0 Å². The average molecular weight is 265 g/mol. The van der Waals surface area contributed by atoms with Gasteiger partial charge in [-0.15, -0.1) is 0 Å². The first-order valence-corrected chi connectivity index (χ1v) is 7.85. The van der Waals surface area contributed by atoms with E-state index in [0.717, 1.165) is 31.8 Å². The molecule has 0 aromatic heterocycles. The van der Waals surface area contributed by atoms with E-state index in [0.29, 0.717) is 11.3 Å². The monoisotopic (exact) mass is 265 g/mol. The molecule has 1 rings (SSSR count). The van der Waals surface area contributed by atoms with Crippen molar-refractivity contribution in [2.24, 2.45) is 23.2 Å². The van der Waals surface area contributed by atoms with Crippen LogP contribution < -0.4 is 0 Å². The van der Waals surface area contributed by atoms with Crippen molar-refractivity contribution in [2.45, 2.75) is 72.8 Å². The lowest BCUT2D eigenvalue weighted by Crippen LogP contribution is -2.36. The Kier molecular flexibility index (Phi) is 6.33. The Morgan fingerprint density at radius 1 is 1.26 bits per heavy atom. The normalized spacial score (nSPS) is 28.4. The van der Waals surface area contributed by atoms with Crippen LogP contribution in [0.5, 0.6) is 0 Å². The third-order valence-corrected chi connectivity index (χ3v) is 4.44. The molecule has 0 radical (unpaired) electrons. The maximum absolute atomic E-state index is 9.27. The van der Waals surface area contributed by atoms with Gasteiger partial charge in [0.1, 0.15) is 0 Å². The van der Waals surface area contributed by atoms with Crippen LogP contribution >= 0.6 is 0 Å². The van der Waals surface area contributed by atoms with E-state index in [1.54, 1.807) is 0 Å². The maximum Gasteiger partial charge on any atom is 0.0736 e. The topological polar surface area (TPSA) is 33.0 Å². The molecular formula is C17H31NO. The van der Waals surface area contributed by atoms with Crippen LogP contribution in [0.1, 0.15) is 66.7 Å². The summed E-state index contributed by atoms with van der Waals surface area (Å²) in [6.07, 6.45) is 5.73. The van der Waals surface area contributed by atoms with Gasteiger partial charge in [0.05, 0.1) is 18.1 Å². The molecule has 0 heterocycles. The zero-order chi connectivity index (χ0) is 14.5. The van der Waals surface area contributed by atoms with Crippen molar-refractivity contribution in [1.29, 1.82) is 5.26 Å². The van der Waals surface area contributed by atoms with Gasteiger partial charge in [-0.1, -0.05) is 34.6 Å². The third-order valence-electron chi connectivity index (χ3n) is 4.44. The SMILES string of the molecule is CC(C)CCCOC1CC(C(C)(C)C)CCC1C#N. The van der Waals surface area contributed by atoms with Crippen LogP contribution in [0.3, 0.4) is 0 Å². The number of hydrogen-bond donors (Lipinski definition) is 0. The van der Waals surface area contributed by atoms with Gasteiger partial charge in [0.25, 0.3) is 0 Å². The highest BCUT2D eigenvalue weighted by Crippen LogP contribution is 2.40. The fourth-order valence-electron chi connectivity index (χ4n) is 2.97. The number of rotatable bonds is 5. The highest BCUT2D eigenvalue weighted by molar-refractivity contribution is 4.95. The first-order valence-electron chi connectivity index (χ1n) is 7.85. The zero-order valence-electron chi connectivity index (χ0n) is 13.4. The van der Waals surface area contributed by atoms with Gasteiger partial charge in [-0.2, -0.15) is 5.26 Å². The minimum absolute atomic E-state index is 0.109. The third kappa shape index (κ3) is 5.53. The molecule has 2 heteroatoms. The maximum atomic E-state index is 9.27. The minimum atomic E-state index is 0.109. The fraction of sp³-hybridized carbons (Fsp3) is 0.941. The molecule has 1 aliphatic rings. The molecule has 0 N–H and O–H groups in total. The Bertz CT molecular complexity index is 297. The Labute approximate surface area is 119 Å². The van der Waals surface area contributed by atoms with E-state index in [4.69, 9.17) is 4.74 Å². The van der Waals surface area contributed by atoms with E-state index >= 15 is 0 Å². The number of ether oxygens (including phenoxy) is 1. The zero-order valence-corrected chi connectivity index (χ0v) is 13.4. The van der Waals surface area contributed by atoms with Gasteiger partial charge in [-0.3, -0.25) is 0 Å². The molecule has 0 aromatic carbocycles. The summed E-state index contributed by atoms with van der Waals surface area (Å²) < 4.78 is 6.04. The van der Waals surface area contributed by atoms with Gasteiger partial charge in [0.2, 0.25) is 0 Å². The van der Waals surface area contributed by atoms with E-state index in [-0.39, 0.29) is 12.0 Å². The molecule has 1 saturated carbocycles. The second kappa shape index (κ2) is 7.29. The standard InChI is InChI=1S/C17H31NO/c1-13(2)7-6-10-19-16-11-15(17(3,4)5)9-8-14(16)12-18/h13-16H,6-11H2,1-5H3. The van der Waals surface area contributed by atoms with E-state index in [2.05, 4.69) is 40.7 Å². The van der Waals surface area contributed by atoms with Gasteiger partial charge >= 0.3 is 0 Å². The molecule has 2 nitrogen and oxygen atoms in total. The number of nitrogens with zero attached hydrogens (tertiary/aromatic N) is 1. The first kappa shape index (κ1) is 16.5. The molecule has 0 spiro atoms. The van der Waals surface area contributed by atoms with Crippen LogP contribution in [0.4, 0.5) is 0 Å². The average Bonchev–Trinajstić information content (AvgIpc) is 2.33. The fourth-order valence-corrected chi connectivity index (χ4v) is 2.97. The predicted octanol–water partition coefficient (Wildman–Crippen LogP) is 4.79. The van der Waals surface area contributed by atoms with Gasteiger partial charge in [-0.25, -0.2) is 0 Å². The van der Waals surface area contributed by atoms with Gasteiger partial charge in [-0.05, 0) is 49.4 Å². The highest BCUT2D eigenvalue weighted by Gasteiger charge is 2.36.